The number of carbonyl (C=O) groups is 1. The van der Waals surface area contributed by atoms with Crippen molar-refractivity contribution < 1.29 is 17.9 Å². The lowest BCUT2D eigenvalue weighted by Crippen LogP contribution is -2.26. The van der Waals surface area contributed by atoms with Crippen LogP contribution in [0.5, 0.6) is 0 Å². The Bertz CT molecular complexity index is 1060. The van der Waals surface area contributed by atoms with Crippen LogP contribution >= 0.6 is 0 Å². The minimum Gasteiger partial charge on any atom is -0.465 e. The van der Waals surface area contributed by atoms with Crippen molar-refractivity contribution in [1.29, 1.82) is 0 Å². The Morgan fingerprint density at radius 2 is 1.86 bits per heavy atom. The number of benzene rings is 2. The van der Waals surface area contributed by atoms with Crippen LogP contribution in [0.3, 0.4) is 0 Å². The molecule has 0 atom stereocenters. The Kier molecular flexibility index (Phi) is 5.91. The van der Waals surface area contributed by atoms with Crippen molar-refractivity contribution in [3.8, 4) is 0 Å². The summed E-state index contributed by atoms with van der Waals surface area (Å²) in [5.41, 5.74) is 2.07. The lowest BCUT2D eigenvalue weighted by molar-refractivity contribution is 0.0600. The molecule has 0 spiro atoms. The summed E-state index contributed by atoms with van der Waals surface area (Å²) >= 11 is 0. The van der Waals surface area contributed by atoms with Crippen LogP contribution in [-0.2, 0) is 27.8 Å². The number of hydrogen-bond acceptors (Lipinski definition) is 5. The first-order valence-electron chi connectivity index (χ1n) is 8.60. The standard InChI is InChI=1S/C20H21N3O4S/c1-22(28(25,26)19-10-6-9-18(11-19)20(24)27-2)13-17-12-21-23(15-17)14-16-7-4-3-5-8-16/h3-12,15H,13-14H2,1-2H3. The largest absolute Gasteiger partial charge is 0.465 e. The summed E-state index contributed by atoms with van der Waals surface area (Å²) in [5.74, 6) is -0.582. The summed E-state index contributed by atoms with van der Waals surface area (Å²) in [4.78, 5) is 11.7. The second-order valence-corrected chi connectivity index (χ2v) is 8.36. The van der Waals surface area contributed by atoms with E-state index in [4.69, 9.17) is 0 Å². The van der Waals surface area contributed by atoms with Crippen LogP contribution in [-0.4, -0.2) is 42.6 Å². The summed E-state index contributed by atoms with van der Waals surface area (Å²) in [6.45, 7) is 0.776. The first-order valence-corrected chi connectivity index (χ1v) is 10.0. The summed E-state index contributed by atoms with van der Waals surface area (Å²) in [5, 5.41) is 4.30. The van der Waals surface area contributed by atoms with Gasteiger partial charge in [-0.2, -0.15) is 9.40 Å². The van der Waals surface area contributed by atoms with Crippen LogP contribution in [0.1, 0.15) is 21.5 Å². The van der Waals surface area contributed by atoms with Crippen molar-refractivity contribution in [2.24, 2.45) is 0 Å². The van der Waals surface area contributed by atoms with Gasteiger partial charge in [0.2, 0.25) is 10.0 Å². The normalized spacial score (nSPS) is 11.5. The van der Waals surface area contributed by atoms with Gasteiger partial charge < -0.3 is 4.74 Å². The van der Waals surface area contributed by atoms with Gasteiger partial charge in [0, 0.05) is 25.4 Å². The molecular weight excluding hydrogens is 378 g/mol. The predicted molar refractivity (Wildman–Crippen MR) is 104 cm³/mol. The summed E-state index contributed by atoms with van der Waals surface area (Å²) in [6, 6.07) is 15.7. The Balaban J connectivity index is 1.73. The van der Waals surface area contributed by atoms with Crippen LogP contribution in [0.2, 0.25) is 0 Å². The molecule has 2 aromatic carbocycles. The molecule has 0 aliphatic rings. The second kappa shape index (κ2) is 8.37. The topological polar surface area (TPSA) is 81.5 Å². The fourth-order valence-corrected chi connectivity index (χ4v) is 3.97. The zero-order valence-electron chi connectivity index (χ0n) is 15.6. The molecule has 1 aromatic heterocycles. The molecule has 0 amide bonds. The smallest absolute Gasteiger partial charge is 0.337 e. The molecule has 0 saturated carbocycles. The van der Waals surface area contributed by atoms with Crippen molar-refractivity contribution in [3.63, 3.8) is 0 Å². The van der Waals surface area contributed by atoms with E-state index in [0.717, 1.165) is 11.1 Å². The number of aromatic nitrogens is 2. The molecule has 8 heteroatoms. The van der Waals surface area contributed by atoms with Gasteiger partial charge in [-0.15, -0.1) is 0 Å². The Labute approximate surface area is 164 Å². The summed E-state index contributed by atoms with van der Waals surface area (Å²) in [6.07, 6.45) is 3.48. The molecule has 0 fully saturated rings. The van der Waals surface area contributed by atoms with Gasteiger partial charge in [0.1, 0.15) is 0 Å². The monoisotopic (exact) mass is 399 g/mol. The Hall–Kier alpha value is -2.97. The number of ether oxygens (including phenoxy) is 1. The number of hydrogen-bond donors (Lipinski definition) is 0. The predicted octanol–water partition coefficient (Wildman–Crippen LogP) is 2.54. The number of carbonyl (C=O) groups excluding carboxylic acids is 1. The minimum absolute atomic E-state index is 0.0366. The quantitative estimate of drug-likeness (QED) is 0.570. The van der Waals surface area contributed by atoms with Crippen LogP contribution in [0.25, 0.3) is 0 Å². The van der Waals surface area contributed by atoms with Crippen molar-refractivity contribution in [2.45, 2.75) is 18.0 Å². The first-order chi connectivity index (χ1) is 13.4. The molecule has 28 heavy (non-hydrogen) atoms. The number of nitrogens with zero attached hydrogens (tertiary/aromatic N) is 3. The lowest BCUT2D eigenvalue weighted by atomic mass is 10.2. The highest BCUT2D eigenvalue weighted by molar-refractivity contribution is 7.89. The molecule has 0 bridgehead atoms. The van der Waals surface area contributed by atoms with Crippen LogP contribution in [0.15, 0.2) is 71.9 Å². The third-order valence-corrected chi connectivity index (χ3v) is 6.04. The van der Waals surface area contributed by atoms with E-state index >= 15 is 0 Å². The zero-order chi connectivity index (χ0) is 20.1. The van der Waals surface area contributed by atoms with E-state index in [-0.39, 0.29) is 17.0 Å². The fraction of sp³-hybridized carbons (Fsp3) is 0.200. The van der Waals surface area contributed by atoms with E-state index < -0.39 is 16.0 Å². The fourth-order valence-electron chi connectivity index (χ4n) is 2.77. The van der Waals surface area contributed by atoms with Gasteiger partial charge in [-0.25, -0.2) is 13.2 Å². The number of methoxy groups -OCH3 is 1. The van der Waals surface area contributed by atoms with Gasteiger partial charge in [-0.1, -0.05) is 36.4 Å². The SMILES string of the molecule is COC(=O)c1cccc(S(=O)(=O)N(C)Cc2cnn(Cc3ccccc3)c2)c1. The molecule has 0 unspecified atom stereocenters. The highest BCUT2D eigenvalue weighted by Crippen LogP contribution is 2.18. The van der Waals surface area contributed by atoms with Crippen LogP contribution < -0.4 is 0 Å². The van der Waals surface area contributed by atoms with Gasteiger partial charge in [0.15, 0.2) is 0 Å². The number of esters is 1. The van der Waals surface area contributed by atoms with Crippen LogP contribution in [0, 0.1) is 0 Å². The molecule has 0 saturated heterocycles. The average molecular weight is 399 g/mol. The number of sulfonamides is 1. The summed E-state index contributed by atoms with van der Waals surface area (Å²) < 4.78 is 33.3. The van der Waals surface area contributed by atoms with E-state index in [9.17, 15) is 13.2 Å². The van der Waals surface area contributed by atoms with E-state index in [1.54, 1.807) is 10.9 Å². The van der Waals surface area contributed by atoms with Crippen LogP contribution in [0.4, 0.5) is 0 Å². The molecular formula is C20H21N3O4S. The molecule has 146 valence electrons. The number of rotatable bonds is 7. The van der Waals surface area contributed by atoms with Gasteiger partial charge in [-0.3, -0.25) is 4.68 Å². The van der Waals surface area contributed by atoms with E-state index in [0.29, 0.717) is 6.54 Å². The molecule has 3 aromatic rings. The minimum atomic E-state index is -3.76. The molecule has 0 N–H and O–H groups in total. The molecule has 1 heterocycles. The van der Waals surface area contributed by atoms with Crippen molar-refractivity contribution in [2.75, 3.05) is 14.2 Å². The molecule has 7 nitrogen and oxygen atoms in total. The van der Waals surface area contributed by atoms with Gasteiger partial charge >= 0.3 is 5.97 Å². The maximum atomic E-state index is 12.8. The van der Waals surface area contributed by atoms with Gasteiger partial charge in [0.05, 0.1) is 30.3 Å². The summed E-state index contributed by atoms with van der Waals surface area (Å²) in [7, 11) is -1.02. The maximum Gasteiger partial charge on any atom is 0.337 e. The van der Waals surface area contributed by atoms with E-state index in [1.807, 2.05) is 36.5 Å². The Morgan fingerprint density at radius 1 is 1.11 bits per heavy atom. The molecule has 3 rings (SSSR count). The van der Waals surface area contributed by atoms with Gasteiger partial charge in [0.25, 0.3) is 0 Å². The van der Waals surface area contributed by atoms with Gasteiger partial charge in [-0.05, 0) is 23.8 Å². The van der Waals surface area contributed by atoms with Crippen molar-refractivity contribution >= 4 is 16.0 Å². The third-order valence-electron chi connectivity index (χ3n) is 4.24. The first kappa shape index (κ1) is 19.8. The second-order valence-electron chi connectivity index (χ2n) is 6.31. The molecule has 0 aliphatic heterocycles. The van der Waals surface area contributed by atoms with Crippen molar-refractivity contribution in [1.82, 2.24) is 14.1 Å². The zero-order valence-corrected chi connectivity index (χ0v) is 16.5. The maximum absolute atomic E-state index is 12.8. The lowest BCUT2D eigenvalue weighted by Gasteiger charge is -2.16. The molecule has 0 radical (unpaired) electrons. The average Bonchev–Trinajstić information content (AvgIpc) is 3.14. The highest BCUT2D eigenvalue weighted by Gasteiger charge is 2.22. The Morgan fingerprint density at radius 3 is 2.57 bits per heavy atom. The van der Waals surface area contributed by atoms with E-state index in [2.05, 4.69) is 9.84 Å². The van der Waals surface area contributed by atoms with Crippen molar-refractivity contribution in [3.05, 3.63) is 83.7 Å². The van der Waals surface area contributed by atoms with E-state index in [1.165, 1.54) is 42.7 Å². The molecule has 0 aliphatic carbocycles. The highest BCUT2D eigenvalue weighted by atomic mass is 32.2. The third kappa shape index (κ3) is 4.47.